The van der Waals surface area contributed by atoms with Gasteiger partial charge in [0, 0.05) is 30.1 Å². The van der Waals surface area contributed by atoms with E-state index < -0.39 is 0 Å². The van der Waals surface area contributed by atoms with Crippen LogP contribution in [-0.4, -0.2) is 51.9 Å². The number of hydrogen-bond acceptors (Lipinski definition) is 4. The summed E-state index contributed by atoms with van der Waals surface area (Å²) in [7, 11) is 0. The molecule has 33 heavy (non-hydrogen) atoms. The van der Waals surface area contributed by atoms with E-state index in [0.29, 0.717) is 35.5 Å². The van der Waals surface area contributed by atoms with E-state index in [1.54, 1.807) is 6.08 Å². The fourth-order valence-electron chi connectivity index (χ4n) is 5.02. The highest BCUT2D eigenvalue weighted by Gasteiger charge is 2.39. The summed E-state index contributed by atoms with van der Waals surface area (Å²) in [6.07, 6.45) is 3.44. The Morgan fingerprint density at radius 1 is 1.15 bits per heavy atom. The first kappa shape index (κ1) is 22.4. The molecule has 2 fully saturated rings. The monoisotopic (exact) mass is 484 g/mol. The van der Waals surface area contributed by atoms with E-state index in [0.717, 1.165) is 35.9 Å². The van der Waals surface area contributed by atoms with Gasteiger partial charge in [-0.1, -0.05) is 53.5 Å². The van der Waals surface area contributed by atoms with Crippen LogP contribution in [0.1, 0.15) is 28.9 Å². The Balaban J connectivity index is 1.30. The molecule has 2 aromatic carbocycles. The van der Waals surface area contributed by atoms with Crippen molar-refractivity contribution in [2.75, 3.05) is 13.2 Å². The first-order chi connectivity index (χ1) is 16.0. The maximum Gasteiger partial charge on any atom is 0.272 e. The van der Waals surface area contributed by atoms with Crippen molar-refractivity contribution in [2.45, 2.75) is 44.1 Å². The van der Waals surface area contributed by atoms with Crippen LogP contribution in [0.5, 0.6) is 0 Å². The summed E-state index contributed by atoms with van der Waals surface area (Å²) < 4.78 is 7.67. The van der Waals surface area contributed by atoms with Crippen molar-refractivity contribution in [3.8, 4) is 0 Å². The van der Waals surface area contributed by atoms with Gasteiger partial charge in [-0.25, -0.2) is 0 Å². The number of nitrogens with zero attached hydrogens (tertiary/aromatic N) is 3. The minimum absolute atomic E-state index is 0.0739. The molecular formula is C25H26Cl2N4O2. The van der Waals surface area contributed by atoms with Crippen molar-refractivity contribution in [3.05, 3.63) is 76.4 Å². The number of nitrogens with one attached hydrogen (secondary N) is 1. The number of hydrogen-bond donors (Lipinski definition) is 1. The van der Waals surface area contributed by atoms with Gasteiger partial charge in [0.15, 0.2) is 5.69 Å². The van der Waals surface area contributed by atoms with Crippen molar-refractivity contribution >= 4 is 40.0 Å². The van der Waals surface area contributed by atoms with Crippen LogP contribution < -0.4 is 5.32 Å². The number of carbonyl (C=O) groups is 1. The van der Waals surface area contributed by atoms with Gasteiger partial charge in [-0.2, -0.15) is 5.10 Å². The van der Waals surface area contributed by atoms with Gasteiger partial charge in [-0.15, -0.1) is 6.58 Å². The highest BCUT2D eigenvalue weighted by molar-refractivity contribution is 6.42. The molecule has 5 rings (SSSR count). The predicted octanol–water partition coefficient (Wildman–Crippen LogP) is 4.69. The van der Waals surface area contributed by atoms with Gasteiger partial charge in [-0.05, 0) is 36.6 Å². The standard InChI is InChI=1S/C25H26Cl2N4O2/c1-2-9-31-23-6-4-3-5-20(23)24(29-31)25(32)28-17-11-18-14-33-15-19(12-17)30(18)13-16-7-8-21(26)22(27)10-16/h2-8,10,17-19H,1,9,11-15H2,(H,28,32). The number of fused-ring (bicyclic) bond motifs is 3. The summed E-state index contributed by atoms with van der Waals surface area (Å²) in [5.74, 6) is -0.129. The number of benzene rings is 2. The van der Waals surface area contributed by atoms with Crippen LogP contribution in [0.4, 0.5) is 0 Å². The normalized spacial score (nSPS) is 22.9. The van der Waals surface area contributed by atoms with Crippen molar-refractivity contribution in [1.82, 2.24) is 20.0 Å². The smallest absolute Gasteiger partial charge is 0.272 e. The van der Waals surface area contributed by atoms with E-state index >= 15 is 0 Å². The van der Waals surface area contributed by atoms with Crippen LogP contribution in [0.15, 0.2) is 55.1 Å². The Hall–Kier alpha value is -2.38. The molecule has 2 unspecified atom stereocenters. The van der Waals surface area contributed by atoms with Crippen molar-refractivity contribution in [3.63, 3.8) is 0 Å². The lowest BCUT2D eigenvalue weighted by Crippen LogP contribution is -2.60. The molecular weight excluding hydrogens is 459 g/mol. The Morgan fingerprint density at radius 2 is 1.91 bits per heavy atom. The third-order valence-corrected chi connectivity index (χ3v) is 7.27. The lowest BCUT2D eigenvalue weighted by atomic mass is 9.89. The van der Waals surface area contributed by atoms with Crippen LogP contribution in [0, 0.1) is 0 Å². The fraction of sp³-hybridized carbons (Fsp3) is 0.360. The molecule has 172 valence electrons. The van der Waals surface area contributed by atoms with E-state index in [9.17, 15) is 4.79 Å². The summed E-state index contributed by atoms with van der Waals surface area (Å²) in [6.45, 7) is 6.45. The molecule has 8 heteroatoms. The summed E-state index contributed by atoms with van der Waals surface area (Å²) in [6, 6.07) is 14.1. The van der Waals surface area contributed by atoms with Gasteiger partial charge in [0.25, 0.3) is 5.91 Å². The number of carbonyl (C=O) groups excluding carboxylic acids is 1. The second-order valence-corrected chi connectivity index (χ2v) is 9.56. The highest BCUT2D eigenvalue weighted by atomic mass is 35.5. The number of morpholine rings is 1. The summed E-state index contributed by atoms with van der Waals surface area (Å²) in [5, 5.41) is 9.82. The minimum Gasteiger partial charge on any atom is -0.378 e. The SMILES string of the molecule is C=CCn1nc(C(=O)NC2CC3COCC(C2)N3Cc2ccc(Cl)c(Cl)c2)c2ccccc21. The molecule has 2 atom stereocenters. The summed E-state index contributed by atoms with van der Waals surface area (Å²) >= 11 is 12.3. The first-order valence-corrected chi connectivity index (χ1v) is 11.9. The fourth-order valence-corrected chi connectivity index (χ4v) is 5.35. The van der Waals surface area contributed by atoms with Crippen molar-refractivity contribution < 1.29 is 9.53 Å². The molecule has 2 saturated heterocycles. The van der Waals surface area contributed by atoms with Gasteiger partial charge in [0.1, 0.15) is 0 Å². The third kappa shape index (κ3) is 4.53. The second-order valence-electron chi connectivity index (χ2n) is 8.74. The Kier molecular flexibility index (Phi) is 6.43. The van der Waals surface area contributed by atoms with Crippen molar-refractivity contribution in [1.29, 1.82) is 0 Å². The van der Waals surface area contributed by atoms with E-state index in [1.165, 1.54) is 0 Å². The molecule has 1 aromatic heterocycles. The topological polar surface area (TPSA) is 59.4 Å². The molecule has 0 saturated carbocycles. The van der Waals surface area contributed by atoms with Gasteiger partial charge in [0.2, 0.25) is 0 Å². The van der Waals surface area contributed by atoms with Gasteiger partial charge in [-0.3, -0.25) is 14.4 Å². The summed E-state index contributed by atoms with van der Waals surface area (Å²) in [4.78, 5) is 15.7. The number of piperidine rings is 1. The Bertz CT molecular complexity index is 1180. The third-order valence-electron chi connectivity index (χ3n) is 6.53. The maximum absolute atomic E-state index is 13.2. The molecule has 2 aliphatic rings. The summed E-state index contributed by atoms with van der Waals surface area (Å²) in [5.41, 5.74) is 2.53. The lowest BCUT2D eigenvalue weighted by Gasteiger charge is -2.48. The van der Waals surface area contributed by atoms with E-state index in [-0.39, 0.29) is 24.0 Å². The van der Waals surface area contributed by atoms with Gasteiger partial charge >= 0.3 is 0 Å². The number of para-hydroxylation sites is 1. The average Bonchev–Trinajstić information content (AvgIpc) is 3.16. The van der Waals surface area contributed by atoms with Crippen LogP contribution in [0.2, 0.25) is 10.0 Å². The maximum atomic E-state index is 13.2. The van der Waals surface area contributed by atoms with Crippen LogP contribution in [0.3, 0.4) is 0 Å². The number of amides is 1. The van der Waals surface area contributed by atoms with Crippen LogP contribution in [0.25, 0.3) is 10.9 Å². The van der Waals surface area contributed by atoms with Gasteiger partial charge < -0.3 is 10.1 Å². The molecule has 6 nitrogen and oxygen atoms in total. The predicted molar refractivity (Wildman–Crippen MR) is 131 cm³/mol. The van der Waals surface area contributed by atoms with Gasteiger partial charge in [0.05, 0.1) is 35.3 Å². The highest BCUT2D eigenvalue weighted by Crippen LogP contribution is 2.31. The molecule has 1 amide bonds. The molecule has 1 N–H and O–H groups in total. The second kappa shape index (κ2) is 9.47. The van der Waals surface area contributed by atoms with E-state index in [4.69, 9.17) is 27.9 Å². The number of rotatable bonds is 6. The molecule has 2 aliphatic heterocycles. The zero-order chi connectivity index (χ0) is 22.9. The Labute approximate surface area is 203 Å². The molecule has 0 radical (unpaired) electrons. The average molecular weight is 485 g/mol. The molecule has 0 spiro atoms. The Morgan fingerprint density at radius 3 is 2.64 bits per heavy atom. The zero-order valence-electron chi connectivity index (χ0n) is 18.2. The van der Waals surface area contributed by atoms with Crippen LogP contribution >= 0.6 is 23.2 Å². The van der Waals surface area contributed by atoms with Crippen LogP contribution in [-0.2, 0) is 17.8 Å². The zero-order valence-corrected chi connectivity index (χ0v) is 19.7. The largest absolute Gasteiger partial charge is 0.378 e. The minimum atomic E-state index is -0.129. The quantitative estimate of drug-likeness (QED) is 0.515. The van der Waals surface area contributed by atoms with E-state index in [1.807, 2.05) is 47.1 Å². The molecule has 2 bridgehead atoms. The lowest BCUT2D eigenvalue weighted by molar-refractivity contribution is -0.0843. The molecule has 3 heterocycles. The molecule has 0 aliphatic carbocycles. The number of aromatic nitrogens is 2. The number of allylic oxidation sites excluding steroid dienone is 1. The van der Waals surface area contributed by atoms with E-state index in [2.05, 4.69) is 21.9 Å². The number of ether oxygens (including phenoxy) is 1. The first-order valence-electron chi connectivity index (χ1n) is 11.2. The molecule has 3 aromatic rings. The van der Waals surface area contributed by atoms with Crippen molar-refractivity contribution in [2.24, 2.45) is 0 Å². The number of halogens is 2.